The number of hydrogen-bond acceptors (Lipinski definition) is 4. The highest BCUT2D eigenvalue weighted by molar-refractivity contribution is 5.81. The number of carbonyl (C=O) groups excluding carboxylic acids is 2. The third kappa shape index (κ3) is 7.23. The minimum absolute atomic E-state index is 0.140. The van der Waals surface area contributed by atoms with Crippen LogP contribution in [0.4, 0.5) is 0 Å². The summed E-state index contributed by atoms with van der Waals surface area (Å²) >= 11 is 0. The van der Waals surface area contributed by atoms with Gasteiger partial charge in [-0.2, -0.15) is 0 Å². The van der Waals surface area contributed by atoms with Gasteiger partial charge in [0.1, 0.15) is 0 Å². The first-order valence-electron chi connectivity index (χ1n) is 5.72. The fourth-order valence-electron chi connectivity index (χ4n) is 1.23. The van der Waals surface area contributed by atoms with Crippen molar-refractivity contribution in [1.82, 2.24) is 5.32 Å². The summed E-state index contributed by atoms with van der Waals surface area (Å²) in [6.07, 6.45) is 3.60. The predicted octanol–water partition coefficient (Wildman–Crippen LogP) is 0.573. The van der Waals surface area contributed by atoms with Gasteiger partial charge in [0.25, 0.3) is 0 Å². The lowest BCUT2D eigenvalue weighted by Gasteiger charge is -2.11. The van der Waals surface area contributed by atoms with Crippen molar-refractivity contribution in [2.75, 3.05) is 13.7 Å². The lowest BCUT2D eigenvalue weighted by atomic mass is 10.1. The molecule has 0 saturated heterocycles. The maximum atomic E-state index is 11.4. The van der Waals surface area contributed by atoms with E-state index in [0.29, 0.717) is 25.8 Å². The highest BCUT2D eigenvalue weighted by Gasteiger charge is 2.11. The van der Waals surface area contributed by atoms with E-state index in [1.807, 2.05) is 0 Å². The SMILES string of the molecule is CCCC[C@H](N)C(=O)NCCCC(=O)OC. The first-order chi connectivity index (χ1) is 7.61. The van der Waals surface area contributed by atoms with E-state index < -0.39 is 6.04 Å². The zero-order chi connectivity index (χ0) is 12.4. The molecule has 0 heterocycles. The van der Waals surface area contributed by atoms with Crippen LogP contribution in [0.1, 0.15) is 39.0 Å². The van der Waals surface area contributed by atoms with Crippen molar-refractivity contribution < 1.29 is 14.3 Å². The molecule has 3 N–H and O–H groups in total. The molecule has 0 aromatic rings. The molecule has 0 spiro atoms. The van der Waals surface area contributed by atoms with Crippen LogP contribution in [0, 0.1) is 0 Å². The number of hydrogen-bond donors (Lipinski definition) is 2. The fourth-order valence-corrected chi connectivity index (χ4v) is 1.23. The minimum Gasteiger partial charge on any atom is -0.469 e. The molecular formula is C11H22N2O3. The zero-order valence-electron chi connectivity index (χ0n) is 10.1. The van der Waals surface area contributed by atoms with E-state index in [2.05, 4.69) is 17.0 Å². The molecule has 0 aromatic heterocycles. The van der Waals surface area contributed by atoms with Crippen LogP contribution in [0.5, 0.6) is 0 Å². The molecule has 0 fully saturated rings. The van der Waals surface area contributed by atoms with E-state index in [1.165, 1.54) is 7.11 Å². The highest BCUT2D eigenvalue weighted by Crippen LogP contribution is 1.98. The molecule has 0 rings (SSSR count). The Bertz CT molecular complexity index is 219. The summed E-state index contributed by atoms with van der Waals surface area (Å²) in [7, 11) is 1.35. The average molecular weight is 230 g/mol. The highest BCUT2D eigenvalue weighted by atomic mass is 16.5. The summed E-state index contributed by atoms with van der Waals surface area (Å²) in [4.78, 5) is 22.2. The van der Waals surface area contributed by atoms with E-state index in [0.717, 1.165) is 12.8 Å². The van der Waals surface area contributed by atoms with E-state index in [-0.39, 0.29) is 11.9 Å². The summed E-state index contributed by atoms with van der Waals surface area (Å²) in [5.74, 6) is -0.400. The first-order valence-corrected chi connectivity index (χ1v) is 5.72. The van der Waals surface area contributed by atoms with Crippen molar-refractivity contribution in [2.45, 2.75) is 45.1 Å². The number of unbranched alkanes of at least 4 members (excludes halogenated alkanes) is 1. The maximum absolute atomic E-state index is 11.4. The maximum Gasteiger partial charge on any atom is 0.305 e. The van der Waals surface area contributed by atoms with Gasteiger partial charge in [-0.15, -0.1) is 0 Å². The van der Waals surface area contributed by atoms with E-state index in [1.54, 1.807) is 0 Å². The molecule has 0 aromatic carbocycles. The number of rotatable bonds is 8. The largest absolute Gasteiger partial charge is 0.469 e. The van der Waals surface area contributed by atoms with Crippen LogP contribution >= 0.6 is 0 Å². The molecule has 0 aliphatic rings. The molecule has 0 bridgehead atoms. The van der Waals surface area contributed by atoms with E-state index in [4.69, 9.17) is 5.73 Å². The molecule has 16 heavy (non-hydrogen) atoms. The standard InChI is InChI=1S/C11H22N2O3/c1-3-4-6-9(12)11(15)13-8-5-7-10(14)16-2/h9H,3-8,12H2,1-2H3,(H,13,15)/t9-/m0/s1. The zero-order valence-corrected chi connectivity index (χ0v) is 10.1. The summed E-state index contributed by atoms with van der Waals surface area (Å²) in [6, 6.07) is -0.432. The Labute approximate surface area is 96.7 Å². The van der Waals surface area contributed by atoms with Gasteiger partial charge in [-0.1, -0.05) is 19.8 Å². The number of nitrogens with two attached hydrogens (primary N) is 1. The summed E-state index contributed by atoms with van der Waals surface area (Å²) < 4.78 is 4.48. The molecule has 5 nitrogen and oxygen atoms in total. The van der Waals surface area contributed by atoms with Gasteiger partial charge < -0.3 is 15.8 Å². The smallest absolute Gasteiger partial charge is 0.305 e. The van der Waals surface area contributed by atoms with Gasteiger partial charge in [0.05, 0.1) is 13.2 Å². The molecule has 0 radical (unpaired) electrons. The quantitative estimate of drug-likeness (QED) is 0.472. The van der Waals surface area contributed by atoms with Gasteiger partial charge >= 0.3 is 5.97 Å². The Morgan fingerprint density at radius 3 is 2.62 bits per heavy atom. The van der Waals surface area contributed by atoms with Crippen LogP contribution in [0.3, 0.4) is 0 Å². The number of ether oxygens (including phenoxy) is 1. The Balaban J connectivity index is 3.53. The molecule has 0 aliphatic heterocycles. The molecule has 0 saturated carbocycles. The van der Waals surface area contributed by atoms with E-state index >= 15 is 0 Å². The van der Waals surface area contributed by atoms with Crippen molar-refractivity contribution in [3.8, 4) is 0 Å². The second-order valence-corrected chi connectivity index (χ2v) is 3.72. The molecule has 1 atom stereocenters. The average Bonchev–Trinajstić information content (AvgIpc) is 2.30. The van der Waals surface area contributed by atoms with Crippen LogP contribution < -0.4 is 11.1 Å². The topological polar surface area (TPSA) is 81.4 Å². The lowest BCUT2D eigenvalue weighted by molar-refractivity contribution is -0.140. The van der Waals surface area contributed by atoms with Crippen molar-refractivity contribution in [3.05, 3.63) is 0 Å². The molecule has 0 aliphatic carbocycles. The van der Waals surface area contributed by atoms with E-state index in [9.17, 15) is 9.59 Å². The van der Waals surface area contributed by atoms with Gasteiger partial charge in [0.2, 0.25) is 5.91 Å². The van der Waals surface area contributed by atoms with Gasteiger partial charge in [0.15, 0.2) is 0 Å². The minimum atomic E-state index is -0.432. The monoisotopic (exact) mass is 230 g/mol. The van der Waals surface area contributed by atoms with Crippen LogP contribution in [0.15, 0.2) is 0 Å². The second-order valence-electron chi connectivity index (χ2n) is 3.72. The molecule has 94 valence electrons. The van der Waals surface area contributed by atoms with Crippen molar-refractivity contribution in [3.63, 3.8) is 0 Å². The summed E-state index contributed by atoms with van der Waals surface area (Å²) in [6.45, 7) is 2.52. The van der Waals surface area contributed by atoms with Crippen LogP contribution in [-0.4, -0.2) is 31.6 Å². The third-order valence-electron chi connectivity index (χ3n) is 2.29. The number of nitrogens with one attached hydrogen (secondary N) is 1. The third-order valence-corrected chi connectivity index (χ3v) is 2.29. The Kier molecular flexibility index (Phi) is 8.52. The van der Waals surface area contributed by atoms with Crippen LogP contribution in [0.25, 0.3) is 0 Å². The van der Waals surface area contributed by atoms with Crippen molar-refractivity contribution in [2.24, 2.45) is 5.73 Å². The van der Waals surface area contributed by atoms with Crippen LogP contribution in [-0.2, 0) is 14.3 Å². The molecule has 0 unspecified atom stereocenters. The van der Waals surface area contributed by atoms with Gasteiger partial charge in [-0.05, 0) is 12.8 Å². The first kappa shape index (κ1) is 14.9. The molecule has 1 amide bonds. The molecule has 5 heteroatoms. The van der Waals surface area contributed by atoms with Gasteiger partial charge in [-0.25, -0.2) is 0 Å². The van der Waals surface area contributed by atoms with Gasteiger partial charge in [0, 0.05) is 13.0 Å². The summed E-state index contributed by atoms with van der Waals surface area (Å²) in [5.41, 5.74) is 5.67. The Hall–Kier alpha value is -1.10. The van der Waals surface area contributed by atoms with Crippen molar-refractivity contribution >= 4 is 11.9 Å². The number of carbonyl (C=O) groups is 2. The predicted molar refractivity (Wildman–Crippen MR) is 61.8 cm³/mol. The van der Waals surface area contributed by atoms with Crippen LogP contribution in [0.2, 0.25) is 0 Å². The fraction of sp³-hybridized carbons (Fsp3) is 0.818. The number of methoxy groups -OCH3 is 1. The second kappa shape index (κ2) is 9.15. The normalized spacial score (nSPS) is 11.9. The Morgan fingerprint density at radius 1 is 1.38 bits per heavy atom. The number of amides is 1. The lowest BCUT2D eigenvalue weighted by Crippen LogP contribution is -2.40. The van der Waals surface area contributed by atoms with Crippen molar-refractivity contribution in [1.29, 1.82) is 0 Å². The Morgan fingerprint density at radius 2 is 2.06 bits per heavy atom. The molecular weight excluding hydrogens is 208 g/mol. The number of esters is 1. The van der Waals surface area contributed by atoms with Gasteiger partial charge in [-0.3, -0.25) is 9.59 Å². The summed E-state index contributed by atoms with van der Waals surface area (Å²) in [5, 5.41) is 2.70.